The number of nitrogens with zero attached hydrogens (tertiary/aromatic N) is 2. The Balaban J connectivity index is 1.58. The van der Waals surface area contributed by atoms with Crippen LogP contribution in [-0.4, -0.2) is 4.98 Å². The largest absolute Gasteiger partial charge is 0.310 e. The third kappa shape index (κ3) is 4.10. The van der Waals surface area contributed by atoms with E-state index in [-0.39, 0.29) is 0 Å². The van der Waals surface area contributed by atoms with E-state index in [0.29, 0.717) is 0 Å². The first-order valence-corrected chi connectivity index (χ1v) is 10.4. The first kappa shape index (κ1) is 18.8. The normalized spacial score (nSPS) is 10.6. The van der Waals surface area contributed by atoms with Crippen LogP contribution in [0.1, 0.15) is 0 Å². The number of anilines is 3. The fraction of sp³-hybridized carbons (Fsp3) is 0. The van der Waals surface area contributed by atoms with Gasteiger partial charge in [0.25, 0.3) is 0 Å². The van der Waals surface area contributed by atoms with Gasteiger partial charge in [0.2, 0.25) is 0 Å². The molecule has 4 aromatic carbocycles. The second-order valence-electron chi connectivity index (χ2n) is 7.35. The summed E-state index contributed by atoms with van der Waals surface area (Å²) in [5, 5.41) is 0. The Kier molecular flexibility index (Phi) is 5.27. The molecule has 0 unspecified atom stereocenters. The Hall–Kier alpha value is -4.17. The third-order valence-electron chi connectivity index (χ3n) is 5.30. The third-order valence-corrected chi connectivity index (χ3v) is 5.30. The molecule has 5 rings (SSSR count). The molecule has 5 aromatic rings. The molecule has 0 fully saturated rings. The van der Waals surface area contributed by atoms with Gasteiger partial charge in [0.15, 0.2) is 0 Å². The van der Waals surface area contributed by atoms with Crippen molar-refractivity contribution in [1.29, 1.82) is 0 Å². The van der Waals surface area contributed by atoms with Crippen molar-refractivity contribution in [3.05, 3.63) is 134 Å². The molecule has 2 heteroatoms. The molecule has 0 radical (unpaired) electrons. The predicted molar refractivity (Wildman–Crippen MR) is 130 cm³/mol. The average molecular weight is 399 g/mol. The number of pyridine rings is 1. The van der Waals surface area contributed by atoms with Crippen LogP contribution in [0.5, 0.6) is 0 Å². The van der Waals surface area contributed by atoms with Crippen LogP contribution in [0.25, 0.3) is 22.4 Å². The maximum Gasteiger partial charge on any atom is 0.0723 e. The minimum absolute atomic E-state index is 0.951. The molecule has 0 atom stereocenters. The van der Waals surface area contributed by atoms with E-state index in [1.165, 1.54) is 11.1 Å². The Morgan fingerprint density at radius 2 is 0.968 bits per heavy atom. The lowest BCUT2D eigenvalue weighted by molar-refractivity contribution is 1.24. The van der Waals surface area contributed by atoms with Crippen molar-refractivity contribution in [3.8, 4) is 22.4 Å². The summed E-state index contributed by atoms with van der Waals surface area (Å²) in [5.74, 6) is 0. The Bertz CT molecular complexity index is 1230. The molecule has 0 amide bonds. The van der Waals surface area contributed by atoms with Gasteiger partial charge < -0.3 is 4.90 Å². The van der Waals surface area contributed by atoms with Gasteiger partial charge in [-0.05, 0) is 53.6 Å². The van der Waals surface area contributed by atoms with Gasteiger partial charge in [-0.25, -0.2) is 0 Å². The summed E-state index contributed by atoms with van der Waals surface area (Å²) < 4.78 is 0. The van der Waals surface area contributed by atoms with Gasteiger partial charge >= 0.3 is 0 Å². The average Bonchev–Trinajstić information content (AvgIpc) is 2.86. The van der Waals surface area contributed by atoms with E-state index in [2.05, 4.69) is 119 Å². The molecular weight excluding hydrogens is 376 g/mol. The van der Waals surface area contributed by atoms with Crippen molar-refractivity contribution in [2.24, 2.45) is 0 Å². The van der Waals surface area contributed by atoms with Crippen LogP contribution in [0, 0.1) is 0 Å². The summed E-state index contributed by atoms with van der Waals surface area (Å²) in [6, 6.07) is 44.1. The van der Waals surface area contributed by atoms with Crippen molar-refractivity contribution >= 4 is 17.1 Å². The van der Waals surface area contributed by atoms with Crippen LogP contribution in [0.2, 0.25) is 0 Å². The summed E-state index contributed by atoms with van der Waals surface area (Å²) >= 11 is 0. The second kappa shape index (κ2) is 8.68. The molecule has 1 aromatic heterocycles. The molecule has 0 saturated carbocycles. The molecule has 1 heterocycles. The lowest BCUT2D eigenvalue weighted by atomic mass is 10.0. The monoisotopic (exact) mass is 398 g/mol. The van der Waals surface area contributed by atoms with Gasteiger partial charge in [0.05, 0.1) is 5.69 Å². The summed E-state index contributed by atoms with van der Waals surface area (Å²) in [6.07, 6.45) is 1.89. The molecule has 0 aliphatic heterocycles. The van der Waals surface area contributed by atoms with Crippen LogP contribution < -0.4 is 4.90 Å². The van der Waals surface area contributed by atoms with Crippen LogP contribution in [0.3, 0.4) is 0 Å². The highest BCUT2D eigenvalue weighted by molar-refractivity contribution is 5.79. The predicted octanol–water partition coefficient (Wildman–Crippen LogP) is 7.89. The molecule has 0 saturated heterocycles. The Morgan fingerprint density at radius 1 is 0.419 bits per heavy atom. The minimum atomic E-state index is 0.951. The zero-order valence-corrected chi connectivity index (χ0v) is 17.1. The van der Waals surface area contributed by atoms with E-state index in [4.69, 9.17) is 0 Å². The first-order chi connectivity index (χ1) is 15.4. The Morgan fingerprint density at radius 3 is 1.61 bits per heavy atom. The smallest absolute Gasteiger partial charge is 0.0723 e. The molecule has 0 aliphatic carbocycles. The van der Waals surface area contributed by atoms with E-state index in [1.54, 1.807) is 0 Å². The zero-order valence-electron chi connectivity index (χ0n) is 17.1. The Labute approximate surface area is 183 Å². The highest BCUT2D eigenvalue weighted by Gasteiger charge is 2.13. The highest BCUT2D eigenvalue weighted by atomic mass is 15.1. The van der Waals surface area contributed by atoms with Gasteiger partial charge in [-0.3, -0.25) is 4.98 Å². The molecule has 0 aliphatic rings. The van der Waals surface area contributed by atoms with Gasteiger partial charge in [-0.15, -0.1) is 0 Å². The molecule has 148 valence electrons. The van der Waals surface area contributed by atoms with E-state index in [0.717, 1.165) is 28.3 Å². The van der Waals surface area contributed by atoms with Crippen molar-refractivity contribution in [3.63, 3.8) is 0 Å². The first-order valence-electron chi connectivity index (χ1n) is 10.4. The van der Waals surface area contributed by atoms with Crippen LogP contribution in [0.15, 0.2) is 134 Å². The van der Waals surface area contributed by atoms with Gasteiger partial charge in [-0.1, -0.05) is 84.9 Å². The zero-order chi connectivity index (χ0) is 20.9. The van der Waals surface area contributed by atoms with E-state index in [1.807, 2.05) is 24.4 Å². The second-order valence-corrected chi connectivity index (χ2v) is 7.35. The van der Waals surface area contributed by atoms with Crippen molar-refractivity contribution in [2.75, 3.05) is 4.90 Å². The molecule has 2 nitrogen and oxygen atoms in total. The van der Waals surface area contributed by atoms with Crippen molar-refractivity contribution < 1.29 is 0 Å². The molecular formula is C29H22N2. The minimum Gasteiger partial charge on any atom is -0.310 e. The molecule has 0 N–H and O–H groups in total. The number of aromatic nitrogens is 1. The van der Waals surface area contributed by atoms with Gasteiger partial charge in [0, 0.05) is 28.8 Å². The van der Waals surface area contributed by atoms with Crippen LogP contribution >= 0.6 is 0 Å². The lowest BCUT2D eigenvalue weighted by Gasteiger charge is -2.25. The topological polar surface area (TPSA) is 16.1 Å². The lowest BCUT2D eigenvalue weighted by Crippen LogP contribution is -2.10. The SMILES string of the molecule is c1ccc(-c2cccc(-c3cc(N(c4ccccc4)c4ccccc4)ccn3)c2)cc1. The van der Waals surface area contributed by atoms with Crippen molar-refractivity contribution in [2.45, 2.75) is 0 Å². The summed E-state index contributed by atoms with van der Waals surface area (Å²) in [4.78, 5) is 6.94. The van der Waals surface area contributed by atoms with E-state index >= 15 is 0 Å². The summed E-state index contributed by atoms with van der Waals surface area (Å²) in [7, 11) is 0. The highest BCUT2D eigenvalue weighted by Crippen LogP contribution is 2.35. The fourth-order valence-corrected chi connectivity index (χ4v) is 3.81. The number of hydrogen-bond acceptors (Lipinski definition) is 2. The van der Waals surface area contributed by atoms with Crippen molar-refractivity contribution in [1.82, 2.24) is 4.98 Å². The molecule has 0 spiro atoms. The number of hydrogen-bond donors (Lipinski definition) is 0. The van der Waals surface area contributed by atoms with E-state index in [9.17, 15) is 0 Å². The van der Waals surface area contributed by atoms with Gasteiger partial charge in [-0.2, -0.15) is 0 Å². The van der Waals surface area contributed by atoms with Crippen LogP contribution in [0.4, 0.5) is 17.1 Å². The van der Waals surface area contributed by atoms with Crippen LogP contribution in [-0.2, 0) is 0 Å². The quantitative estimate of drug-likeness (QED) is 0.299. The molecule has 31 heavy (non-hydrogen) atoms. The maximum atomic E-state index is 4.69. The number of benzene rings is 4. The standard InChI is InChI=1S/C29H22N2/c1-4-11-23(12-5-1)24-13-10-14-25(21-24)29-22-28(19-20-30-29)31(26-15-6-2-7-16-26)27-17-8-3-9-18-27/h1-22H. The summed E-state index contributed by atoms with van der Waals surface area (Å²) in [5.41, 5.74) is 7.75. The van der Waals surface area contributed by atoms with E-state index < -0.39 is 0 Å². The molecule has 0 bridgehead atoms. The maximum absolute atomic E-state index is 4.69. The van der Waals surface area contributed by atoms with Gasteiger partial charge in [0.1, 0.15) is 0 Å². The fourth-order valence-electron chi connectivity index (χ4n) is 3.81. The number of rotatable bonds is 5. The number of para-hydroxylation sites is 2. The summed E-state index contributed by atoms with van der Waals surface area (Å²) in [6.45, 7) is 0.